The predicted molar refractivity (Wildman–Crippen MR) is 83.4 cm³/mol. The van der Waals surface area contributed by atoms with Gasteiger partial charge in [0.15, 0.2) is 0 Å². The zero-order chi connectivity index (χ0) is 16.5. The Hall–Kier alpha value is -1.92. The molecule has 0 atom stereocenters. The van der Waals surface area contributed by atoms with Gasteiger partial charge in [-0.25, -0.2) is 17.5 Å². The normalized spacial score (nSPS) is 11.5. The molecular weight excluding hydrogens is 305 g/mol. The van der Waals surface area contributed by atoms with E-state index in [1.54, 1.807) is 26.8 Å². The summed E-state index contributed by atoms with van der Waals surface area (Å²) in [5.41, 5.74) is 2.05. The molecule has 0 spiro atoms. The number of halogens is 1. The molecule has 0 fully saturated rings. The summed E-state index contributed by atoms with van der Waals surface area (Å²) in [4.78, 5) is 0.174. The summed E-state index contributed by atoms with van der Waals surface area (Å²) in [6.45, 7) is 5.29. The first-order valence-corrected chi connectivity index (χ1v) is 8.21. The molecule has 0 aromatic heterocycles. The van der Waals surface area contributed by atoms with Gasteiger partial charge in [-0.2, -0.15) is 0 Å². The first-order chi connectivity index (χ1) is 10.2. The maximum atomic E-state index is 13.3. The van der Waals surface area contributed by atoms with Crippen LogP contribution >= 0.6 is 0 Å². The topological polar surface area (TPSA) is 55.4 Å². The van der Waals surface area contributed by atoms with Crippen LogP contribution in [0.5, 0.6) is 11.5 Å². The van der Waals surface area contributed by atoms with Gasteiger partial charge in [-0.05, 0) is 74.8 Å². The monoisotopic (exact) mass is 323 g/mol. The maximum absolute atomic E-state index is 13.3. The summed E-state index contributed by atoms with van der Waals surface area (Å²) < 4.78 is 45.0. The molecule has 4 nitrogen and oxygen atoms in total. The molecule has 0 saturated carbocycles. The second kappa shape index (κ2) is 6.06. The highest BCUT2D eigenvalue weighted by Gasteiger charge is 2.14. The molecule has 6 heteroatoms. The third kappa shape index (κ3) is 3.28. The maximum Gasteiger partial charge on any atom is 0.240 e. The van der Waals surface area contributed by atoms with E-state index < -0.39 is 10.0 Å². The zero-order valence-corrected chi connectivity index (χ0v) is 13.7. The summed E-state index contributed by atoms with van der Waals surface area (Å²) in [5, 5.41) is 0. The van der Waals surface area contributed by atoms with Crippen LogP contribution in [0.25, 0.3) is 0 Å². The third-order valence-electron chi connectivity index (χ3n) is 3.36. The molecule has 0 aliphatic carbocycles. The molecule has 0 radical (unpaired) electrons. The van der Waals surface area contributed by atoms with E-state index in [9.17, 15) is 12.8 Å². The lowest BCUT2D eigenvalue weighted by molar-refractivity contribution is 0.468. The molecule has 2 rings (SSSR count). The zero-order valence-electron chi connectivity index (χ0n) is 12.9. The Morgan fingerprint density at radius 2 is 1.59 bits per heavy atom. The summed E-state index contributed by atoms with van der Waals surface area (Å²) in [7, 11) is -2.13. The minimum atomic E-state index is -3.49. The van der Waals surface area contributed by atoms with Crippen LogP contribution in [0.4, 0.5) is 4.39 Å². The van der Waals surface area contributed by atoms with Gasteiger partial charge in [-0.3, -0.25) is 0 Å². The standard InChI is InChI=1S/C16H18FNO3S/c1-10-9-14(22(19,20)18-4)5-6-15(10)21-16-11(2)7-13(17)8-12(16)3/h5-9,18H,1-4H3. The SMILES string of the molecule is CNS(=O)(=O)c1ccc(Oc2c(C)cc(F)cc2C)c(C)c1. The van der Waals surface area contributed by atoms with Crippen LogP contribution in [0.3, 0.4) is 0 Å². The molecule has 0 aliphatic rings. The van der Waals surface area contributed by atoms with Gasteiger partial charge in [0, 0.05) is 0 Å². The smallest absolute Gasteiger partial charge is 0.240 e. The molecule has 2 aromatic rings. The number of sulfonamides is 1. The lowest BCUT2D eigenvalue weighted by Gasteiger charge is -2.14. The fraction of sp³-hybridized carbons (Fsp3) is 0.250. The van der Waals surface area contributed by atoms with Crippen molar-refractivity contribution in [1.29, 1.82) is 0 Å². The Bertz CT molecular complexity index is 793. The number of hydrogen-bond donors (Lipinski definition) is 1. The van der Waals surface area contributed by atoms with Crippen molar-refractivity contribution in [1.82, 2.24) is 4.72 Å². The van der Waals surface area contributed by atoms with Gasteiger partial charge in [0.2, 0.25) is 10.0 Å². The van der Waals surface area contributed by atoms with Gasteiger partial charge in [0.25, 0.3) is 0 Å². The summed E-state index contributed by atoms with van der Waals surface area (Å²) in [6.07, 6.45) is 0. The Morgan fingerprint density at radius 3 is 2.09 bits per heavy atom. The van der Waals surface area contributed by atoms with E-state index in [1.165, 1.54) is 31.3 Å². The van der Waals surface area contributed by atoms with E-state index in [0.717, 1.165) is 0 Å². The highest BCUT2D eigenvalue weighted by Crippen LogP contribution is 2.32. The number of rotatable bonds is 4. The number of aryl methyl sites for hydroxylation is 3. The number of nitrogens with one attached hydrogen (secondary N) is 1. The third-order valence-corrected chi connectivity index (χ3v) is 4.77. The molecule has 0 saturated heterocycles. The van der Waals surface area contributed by atoms with Crippen LogP contribution in [0.1, 0.15) is 16.7 Å². The summed E-state index contributed by atoms with van der Waals surface area (Å²) in [5.74, 6) is 0.802. The average Bonchev–Trinajstić information content (AvgIpc) is 2.44. The molecule has 0 aliphatic heterocycles. The van der Waals surface area contributed by atoms with Crippen molar-refractivity contribution in [3.8, 4) is 11.5 Å². The predicted octanol–water partition coefficient (Wildman–Crippen LogP) is 3.45. The van der Waals surface area contributed by atoms with Gasteiger partial charge in [-0.1, -0.05) is 0 Å². The van der Waals surface area contributed by atoms with Gasteiger partial charge in [0.1, 0.15) is 17.3 Å². The molecule has 118 valence electrons. The van der Waals surface area contributed by atoms with Gasteiger partial charge >= 0.3 is 0 Å². The van der Waals surface area contributed by atoms with Crippen LogP contribution in [-0.4, -0.2) is 15.5 Å². The fourth-order valence-corrected chi connectivity index (χ4v) is 3.00. The van der Waals surface area contributed by atoms with Crippen LogP contribution in [0.15, 0.2) is 35.2 Å². The number of ether oxygens (including phenoxy) is 1. The molecule has 0 heterocycles. The van der Waals surface area contributed by atoms with Gasteiger partial charge in [0.05, 0.1) is 4.90 Å². The van der Waals surface area contributed by atoms with E-state index >= 15 is 0 Å². The lowest BCUT2D eigenvalue weighted by Crippen LogP contribution is -2.18. The van der Waals surface area contributed by atoms with E-state index in [0.29, 0.717) is 28.2 Å². The van der Waals surface area contributed by atoms with Crippen LogP contribution in [0.2, 0.25) is 0 Å². The van der Waals surface area contributed by atoms with Crippen molar-refractivity contribution in [2.24, 2.45) is 0 Å². The van der Waals surface area contributed by atoms with E-state index in [-0.39, 0.29) is 10.7 Å². The second-order valence-electron chi connectivity index (χ2n) is 5.11. The van der Waals surface area contributed by atoms with Crippen molar-refractivity contribution in [2.45, 2.75) is 25.7 Å². The van der Waals surface area contributed by atoms with Crippen molar-refractivity contribution < 1.29 is 17.5 Å². The van der Waals surface area contributed by atoms with Crippen molar-refractivity contribution >= 4 is 10.0 Å². The van der Waals surface area contributed by atoms with E-state index in [2.05, 4.69) is 4.72 Å². The van der Waals surface area contributed by atoms with Crippen LogP contribution in [0, 0.1) is 26.6 Å². The molecule has 0 bridgehead atoms. The van der Waals surface area contributed by atoms with Crippen LogP contribution in [-0.2, 0) is 10.0 Å². The van der Waals surface area contributed by atoms with Crippen molar-refractivity contribution in [2.75, 3.05) is 7.05 Å². The molecular formula is C16H18FNO3S. The Labute approximate surface area is 130 Å². The van der Waals surface area contributed by atoms with Gasteiger partial charge in [-0.15, -0.1) is 0 Å². The number of hydrogen-bond acceptors (Lipinski definition) is 3. The fourth-order valence-electron chi connectivity index (χ4n) is 2.19. The van der Waals surface area contributed by atoms with Crippen molar-refractivity contribution in [3.05, 3.63) is 52.8 Å². The Morgan fingerprint density at radius 1 is 1.00 bits per heavy atom. The minimum absolute atomic E-state index is 0.174. The minimum Gasteiger partial charge on any atom is -0.457 e. The van der Waals surface area contributed by atoms with Crippen molar-refractivity contribution in [3.63, 3.8) is 0 Å². The Balaban J connectivity index is 2.40. The molecule has 0 amide bonds. The second-order valence-corrected chi connectivity index (χ2v) is 6.99. The van der Waals surface area contributed by atoms with E-state index in [1.807, 2.05) is 0 Å². The molecule has 0 unspecified atom stereocenters. The molecule has 1 N–H and O–H groups in total. The average molecular weight is 323 g/mol. The quantitative estimate of drug-likeness (QED) is 0.937. The largest absolute Gasteiger partial charge is 0.457 e. The summed E-state index contributed by atoms with van der Waals surface area (Å²) in [6, 6.07) is 7.41. The summed E-state index contributed by atoms with van der Waals surface area (Å²) >= 11 is 0. The Kier molecular flexibility index (Phi) is 4.53. The van der Waals surface area contributed by atoms with Crippen LogP contribution < -0.4 is 9.46 Å². The highest BCUT2D eigenvalue weighted by atomic mass is 32.2. The van der Waals surface area contributed by atoms with Gasteiger partial charge < -0.3 is 4.74 Å². The molecule has 2 aromatic carbocycles. The molecule has 22 heavy (non-hydrogen) atoms. The lowest BCUT2D eigenvalue weighted by atomic mass is 10.1. The van der Waals surface area contributed by atoms with E-state index in [4.69, 9.17) is 4.74 Å². The number of benzene rings is 2. The first kappa shape index (κ1) is 16.5. The highest BCUT2D eigenvalue weighted by molar-refractivity contribution is 7.89. The first-order valence-electron chi connectivity index (χ1n) is 6.73.